The molecule has 1 heterocycles. The fourth-order valence-corrected chi connectivity index (χ4v) is 2.25. The van der Waals surface area contributed by atoms with Crippen LogP contribution in [0, 0.1) is 0 Å². The first-order chi connectivity index (χ1) is 9.06. The zero-order chi connectivity index (χ0) is 13.8. The van der Waals surface area contributed by atoms with Crippen LogP contribution in [-0.2, 0) is 0 Å². The number of carbonyl (C=O) groups is 1. The Morgan fingerprint density at radius 1 is 1.42 bits per heavy atom. The number of hydrogen-bond acceptors (Lipinski definition) is 3. The largest absolute Gasteiger partial charge is 0.478 e. The van der Waals surface area contributed by atoms with E-state index in [1.807, 2.05) is 0 Å². The van der Waals surface area contributed by atoms with Crippen molar-refractivity contribution in [3.05, 3.63) is 35.4 Å². The summed E-state index contributed by atoms with van der Waals surface area (Å²) in [7, 11) is 0. The lowest BCUT2D eigenvalue weighted by molar-refractivity contribution is 0.0694. The highest BCUT2D eigenvalue weighted by molar-refractivity contribution is 5.87. The number of piperazine rings is 1. The Morgan fingerprint density at radius 3 is 2.68 bits per heavy atom. The van der Waals surface area contributed by atoms with Crippen molar-refractivity contribution >= 4 is 5.97 Å². The van der Waals surface area contributed by atoms with Crippen LogP contribution < -0.4 is 5.32 Å². The van der Waals surface area contributed by atoms with Gasteiger partial charge in [0.25, 0.3) is 6.43 Å². The van der Waals surface area contributed by atoms with E-state index in [0.29, 0.717) is 19.6 Å². The smallest absolute Gasteiger partial charge is 0.335 e. The number of alkyl halides is 2. The van der Waals surface area contributed by atoms with E-state index in [1.165, 1.54) is 12.1 Å². The Hall–Kier alpha value is -1.53. The molecule has 0 amide bonds. The zero-order valence-electron chi connectivity index (χ0n) is 10.4. The second kappa shape index (κ2) is 6.08. The van der Waals surface area contributed by atoms with Crippen LogP contribution in [0.25, 0.3) is 0 Å². The van der Waals surface area contributed by atoms with Crippen molar-refractivity contribution in [1.29, 1.82) is 0 Å². The van der Waals surface area contributed by atoms with Gasteiger partial charge in [0.2, 0.25) is 0 Å². The summed E-state index contributed by atoms with van der Waals surface area (Å²) in [4.78, 5) is 12.5. The van der Waals surface area contributed by atoms with Gasteiger partial charge in [0, 0.05) is 25.7 Å². The Kier molecular flexibility index (Phi) is 4.44. The molecule has 1 atom stereocenters. The van der Waals surface area contributed by atoms with Crippen molar-refractivity contribution in [2.24, 2.45) is 0 Å². The number of rotatable bonds is 4. The number of carboxylic acids is 1. The van der Waals surface area contributed by atoms with E-state index in [-0.39, 0.29) is 18.2 Å². The maximum atomic E-state index is 12.4. The predicted octanol–water partition coefficient (Wildman–Crippen LogP) is 1.60. The molecule has 1 aliphatic rings. The minimum absolute atomic E-state index is 0.0321. The SMILES string of the molecule is O=C(O)c1ccc(C2CN(CC(F)F)CCN2)cc1. The van der Waals surface area contributed by atoms with Crippen molar-refractivity contribution in [2.45, 2.75) is 12.5 Å². The number of nitrogens with zero attached hydrogens (tertiary/aromatic N) is 1. The lowest BCUT2D eigenvalue weighted by atomic mass is 10.0. The van der Waals surface area contributed by atoms with Crippen LogP contribution in [0.15, 0.2) is 24.3 Å². The van der Waals surface area contributed by atoms with Gasteiger partial charge in [-0.15, -0.1) is 0 Å². The molecule has 1 saturated heterocycles. The summed E-state index contributed by atoms with van der Waals surface area (Å²) in [6.45, 7) is 1.55. The number of hydrogen-bond donors (Lipinski definition) is 2. The van der Waals surface area contributed by atoms with Crippen LogP contribution in [0.2, 0.25) is 0 Å². The van der Waals surface area contributed by atoms with E-state index < -0.39 is 12.4 Å². The quantitative estimate of drug-likeness (QED) is 0.872. The highest BCUT2D eigenvalue weighted by atomic mass is 19.3. The molecule has 1 aliphatic heterocycles. The third kappa shape index (κ3) is 3.71. The standard InChI is InChI=1S/C13H16F2N2O2/c14-12(15)8-17-6-5-16-11(7-17)9-1-3-10(4-2-9)13(18)19/h1-4,11-12,16H,5-8H2,(H,18,19). The molecule has 1 fully saturated rings. The van der Waals surface area contributed by atoms with E-state index in [2.05, 4.69) is 5.32 Å². The number of carboxylic acid groups (broad SMARTS) is 1. The molecule has 1 aromatic carbocycles. The molecule has 0 aromatic heterocycles. The van der Waals surface area contributed by atoms with Crippen molar-refractivity contribution < 1.29 is 18.7 Å². The molecule has 1 unspecified atom stereocenters. The summed E-state index contributed by atoms with van der Waals surface area (Å²) < 4.78 is 24.7. The van der Waals surface area contributed by atoms with E-state index in [1.54, 1.807) is 17.0 Å². The summed E-state index contributed by atoms with van der Waals surface area (Å²) in [6, 6.07) is 6.49. The Morgan fingerprint density at radius 2 is 2.11 bits per heavy atom. The maximum absolute atomic E-state index is 12.4. The van der Waals surface area contributed by atoms with Crippen LogP contribution in [0.5, 0.6) is 0 Å². The number of nitrogens with one attached hydrogen (secondary N) is 1. The fourth-order valence-electron chi connectivity index (χ4n) is 2.25. The van der Waals surface area contributed by atoms with Crippen molar-refractivity contribution in [3.8, 4) is 0 Å². The molecule has 0 radical (unpaired) electrons. The van der Waals surface area contributed by atoms with Crippen molar-refractivity contribution in [2.75, 3.05) is 26.2 Å². The van der Waals surface area contributed by atoms with Gasteiger partial charge in [-0.3, -0.25) is 4.90 Å². The average Bonchev–Trinajstić information content (AvgIpc) is 2.38. The molecular formula is C13H16F2N2O2. The first kappa shape index (κ1) is 13.9. The molecule has 1 aromatic rings. The second-order valence-corrected chi connectivity index (χ2v) is 4.58. The van der Waals surface area contributed by atoms with Gasteiger partial charge in [-0.1, -0.05) is 12.1 Å². The summed E-state index contributed by atoms with van der Waals surface area (Å²) in [6.07, 6.45) is -2.33. The van der Waals surface area contributed by atoms with Gasteiger partial charge in [-0.05, 0) is 17.7 Å². The summed E-state index contributed by atoms with van der Waals surface area (Å²) in [5, 5.41) is 12.1. The minimum atomic E-state index is -2.33. The number of halogens is 2. The first-order valence-electron chi connectivity index (χ1n) is 6.13. The molecule has 6 heteroatoms. The van der Waals surface area contributed by atoms with Crippen molar-refractivity contribution in [3.63, 3.8) is 0 Å². The molecule has 2 rings (SSSR count). The molecule has 19 heavy (non-hydrogen) atoms. The molecule has 2 N–H and O–H groups in total. The monoisotopic (exact) mass is 270 g/mol. The van der Waals surface area contributed by atoms with Crippen LogP contribution in [0.1, 0.15) is 22.0 Å². The molecule has 0 aliphatic carbocycles. The Balaban J connectivity index is 2.02. The van der Waals surface area contributed by atoms with Gasteiger partial charge in [-0.2, -0.15) is 0 Å². The molecule has 0 bridgehead atoms. The molecule has 104 valence electrons. The topological polar surface area (TPSA) is 52.6 Å². The van der Waals surface area contributed by atoms with Gasteiger partial charge in [-0.25, -0.2) is 13.6 Å². The van der Waals surface area contributed by atoms with E-state index >= 15 is 0 Å². The number of benzene rings is 1. The summed E-state index contributed by atoms with van der Waals surface area (Å²) in [5.41, 5.74) is 1.15. The minimum Gasteiger partial charge on any atom is -0.478 e. The van der Waals surface area contributed by atoms with Gasteiger partial charge >= 0.3 is 5.97 Å². The number of aromatic carboxylic acids is 1. The molecule has 0 saturated carbocycles. The van der Waals surface area contributed by atoms with Crippen LogP contribution in [-0.4, -0.2) is 48.6 Å². The van der Waals surface area contributed by atoms with Gasteiger partial charge < -0.3 is 10.4 Å². The predicted molar refractivity (Wildman–Crippen MR) is 66.6 cm³/mol. The highest BCUT2D eigenvalue weighted by Crippen LogP contribution is 2.18. The second-order valence-electron chi connectivity index (χ2n) is 4.58. The molecule has 4 nitrogen and oxygen atoms in total. The molecular weight excluding hydrogens is 254 g/mol. The fraction of sp³-hybridized carbons (Fsp3) is 0.462. The van der Waals surface area contributed by atoms with E-state index in [0.717, 1.165) is 5.56 Å². The Bertz CT molecular complexity index is 437. The Labute approximate surface area is 110 Å². The summed E-state index contributed by atoms with van der Waals surface area (Å²) in [5.74, 6) is -0.970. The van der Waals surface area contributed by atoms with Gasteiger partial charge in [0.05, 0.1) is 12.1 Å². The van der Waals surface area contributed by atoms with Gasteiger partial charge in [0.1, 0.15) is 0 Å². The average molecular weight is 270 g/mol. The maximum Gasteiger partial charge on any atom is 0.335 e. The lowest BCUT2D eigenvalue weighted by Crippen LogP contribution is -2.47. The van der Waals surface area contributed by atoms with E-state index in [9.17, 15) is 13.6 Å². The highest BCUT2D eigenvalue weighted by Gasteiger charge is 2.22. The van der Waals surface area contributed by atoms with Crippen LogP contribution >= 0.6 is 0 Å². The zero-order valence-corrected chi connectivity index (χ0v) is 10.4. The first-order valence-corrected chi connectivity index (χ1v) is 6.13. The third-order valence-electron chi connectivity index (χ3n) is 3.22. The van der Waals surface area contributed by atoms with Gasteiger partial charge in [0.15, 0.2) is 0 Å². The summed E-state index contributed by atoms with van der Waals surface area (Å²) >= 11 is 0. The lowest BCUT2D eigenvalue weighted by Gasteiger charge is -2.33. The third-order valence-corrected chi connectivity index (χ3v) is 3.22. The molecule has 0 spiro atoms. The van der Waals surface area contributed by atoms with E-state index in [4.69, 9.17) is 5.11 Å². The normalized spacial score (nSPS) is 20.7. The van der Waals surface area contributed by atoms with Crippen LogP contribution in [0.3, 0.4) is 0 Å². The van der Waals surface area contributed by atoms with Crippen molar-refractivity contribution in [1.82, 2.24) is 10.2 Å². The van der Waals surface area contributed by atoms with Crippen LogP contribution in [0.4, 0.5) is 8.78 Å².